The van der Waals surface area contributed by atoms with Gasteiger partial charge < -0.3 is 5.32 Å². The largest absolute Gasteiger partial charge is 0.310 e. The van der Waals surface area contributed by atoms with E-state index >= 15 is 0 Å². The summed E-state index contributed by atoms with van der Waals surface area (Å²) in [6.07, 6.45) is 10.0. The molecule has 1 N–H and O–H groups in total. The van der Waals surface area contributed by atoms with Gasteiger partial charge in [0.25, 0.3) is 0 Å². The summed E-state index contributed by atoms with van der Waals surface area (Å²) in [7, 11) is 0. The van der Waals surface area contributed by atoms with Gasteiger partial charge >= 0.3 is 0 Å². The minimum atomic E-state index is 0.549. The summed E-state index contributed by atoms with van der Waals surface area (Å²) in [5.74, 6) is 0.985. The molecule has 0 bridgehead atoms. The molecular formula is C18H29N. The van der Waals surface area contributed by atoms with Gasteiger partial charge in [-0.1, -0.05) is 63.3 Å². The Bertz CT molecular complexity index is 366. The van der Waals surface area contributed by atoms with Crippen LogP contribution >= 0.6 is 0 Å². The van der Waals surface area contributed by atoms with Gasteiger partial charge in [-0.05, 0) is 43.4 Å². The van der Waals surface area contributed by atoms with Gasteiger partial charge in [-0.3, -0.25) is 0 Å². The molecule has 1 aromatic carbocycles. The smallest absolute Gasteiger partial charge is 0.0322 e. The van der Waals surface area contributed by atoms with E-state index in [1.807, 2.05) is 0 Å². The maximum Gasteiger partial charge on any atom is 0.0322 e. The highest BCUT2D eigenvalue weighted by atomic mass is 14.9. The van der Waals surface area contributed by atoms with Gasteiger partial charge in [-0.15, -0.1) is 0 Å². The van der Waals surface area contributed by atoms with Crippen molar-refractivity contribution < 1.29 is 0 Å². The predicted molar refractivity (Wildman–Crippen MR) is 83.4 cm³/mol. The third kappa shape index (κ3) is 4.35. The maximum absolute atomic E-state index is 3.68. The highest BCUT2D eigenvalue weighted by Crippen LogP contribution is 2.31. The van der Waals surface area contributed by atoms with Gasteiger partial charge in [0, 0.05) is 6.04 Å². The zero-order valence-corrected chi connectivity index (χ0v) is 12.6. The Hall–Kier alpha value is -0.820. The first-order valence-electron chi connectivity index (χ1n) is 8.10. The van der Waals surface area contributed by atoms with E-state index in [9.17, 15) is 0 Å². The van der Waals surface area contributed by atoms with Gasteiger partial charge in [0.1, 0.15) is 0 Å². The van der Waals surface area contributed by atoms with Gasteiger partial charge in [0.15, 0.2) is 0 Å². The molecule has 0 aromatic heterocycles. The normalized spacial score (nSPS) is 18.4. The van der Waals surface area contributed by atoms with Crippen molar-refractivity contribution in [3.8, 4) is 0 Å². The fourth-order valence-electron chi connectivity index (χ4n) is 3.47. The molecular weight excluding hydrogens is 230 g/mol. The lowest BCUT2D eigenvalue weighted by molar-refractivity contribution is 0.315. The quantitative estimate of drug-likeness (QED) is 0.757. The fourth-order valence-corrected chi connectivity index (χ4v) is 3.47. The van der Waals surface area contributed by atoms with E-state index in [4.69, 9.17) is 0 Å². The average molecular weight is 259 g/mol. The lowest BCUT2D eigenvalue weighted by Crippen LogP contribution is -2.22. The molecule has 19 heavy (non-hydrogen) atoms. The molecule has 2 rings (SSSR count). The van der Waals surface area contributed by atoms with Crippen molar-refractivity contribution in [2.24, 2.45) is 5.92 Å². The average Bonchev–Trinajstić information content (AvgIpc) is 2.45. The van der Waals surface area contributed by atoms with Crippen LogP contribution in [-0.4, -0.2) is 6.54 Å². The molecule has 1 aliphatic carbocycles. The number of benzene rings is 1. The second-order valence-electron chi connectivity index (χ2n) is 6.05. The zero-order chi connectivity index (χ0) is 13.5. The fraction of sp³-hybridized carbons (Fsp3) is 0.667. The van der Waals surface area contributed by atoms with Crippen LogP contribution in [0.25, 0.3) is 0 Å². The van der Waals surface area contributed by atoms with Crippen molar-refractivity contribution in [3.05, 3.63) is 35.4 Å². The van der Waals surface area contributed by atoms with Gasteiger partial charge in [-0.2, -0.15) is 0 Å². The van der Waals surface area contributed by atoms with Gasteiger partial charge in [0.05, 0.1) is 0 Å². The molecule has 0 saturated heterocycles. The van der Waals surface area contributed by atoms with Gasteiger partial charge in [0.2, 0.25) is 0 Å². The molecule has 0 heterocycles. The molecule has 0 amide bonds. The summed E-state index contributed by atoms with van der Waals surface area (Å²) in [6, 6.07) is 9.40. The summed E-state index contributed by atoms with van der Waals surface area (Å²) in [4.78, 5) is 0. The topological polar surface area (TPSA) is 12.0 Å². The van der Waals surface area contributed by atoms with E-state index in [2.05, 4.69) is 43.4 Å². The van der Waals surface area contributed by atoms with Crippen molar-refractivity contribution in [2.75, 3.05) is 6.54 Å². The number of nitrogens with one attached hydrogen (secondary N) is 1. The lowest BCUT2D eigenvalue weighted by Gasteiger charge is -2.25. The summed E-state index contributed by atoms with van der Waals surface area (Å²) in [5.41, 5.74) is 2.93. The first-order chi connectivity index (χ1) is 9.31. The van der Waals surface area contributed by atoms with E-state index in [-0.39, 0.29) is 0 Å². The number of hydrogen-bond donors (Lipinski definition) is 1. The molecule has 106 valence electrons. The zero-order valence-electron chi connectivity index (χ0n) is 12.6. The van der Waals surface area contributed by atoms with Crippen molar-refractivity contribution >= 4 is 0 Å². The monoisotopic (exact) mass is 259 g/mol. The van der Waals surface area contributed by atoms with Crippen molar-refractivity contribution in [1.82, 2.24) is 5.32 Å². The molecule has 0 spiro atoms. The van der Waals surface area contributed by atoms with Crippen LogP contribution in [0.4, 0.5) is 0 Å². The molecule has 1 aliphatic rings. The summed E-state index contributed by atoms with van der Waals surface area (Å²) < 4.78 is 0. The van der Waals surface area contributed by atoms with Gasteiger partial charge in [-0.25, -0.2) is 0 Å². The van der Waals surface area contributed by atoms with Crippen LogP contribution in [0.5, 0.6) is 0 Å². The van der Waals surface area contributed by atoms with Crippen LogP contribution in [0.3, 0.4) is 0 Å². The van der Waals surface area contributed by atoms with Crippen LogP contribution in [0, 0.1) is 12.8 Å². The highest BCUT2D eigenvalue weighted by Gasteiger charge is 2.17. The van der Waals surface area contributed by atoms with Crippen molar-refractivity contribution in [1.29, 1.82) is 0 Å². The summed E-state index contributed by atoms with van der Waals surface area (Å²) >= 11 is 0. The van der Waals surface area contributed by atoms with E-state index in [1.54, 1.807) is 0 Å². The molecule has 1 aromatic rings. The Labute approximate surface area is 118 Å². The second kappa shape index (κ2) is 7.69. The van der Waals surface area contributed by atoms with E-state index in [1.165, 1.54) is 56.1 Å². The first-order valence-corrected chi connectivity index (χ1v) is 8.10. The van der Waals surface area contributed by atoms with Crippen LogP contribution in [0.2, 0.25) is 0 Å². The minimum Gasteiger partial charge on any atom is -0.310 e. The Balaban J connectivity index is 1.94. The maximum atomic E-state index is 3.68. The lowest BCUT2D eigenvalue weighted by atomic mass is 9.84. The van der Waals surface area contributed by atoms with Crippen molar-refractivity contribution in [3.63, 3.8) is 0 Å². The molecule has 1 atom stereocenters. The summed E-state index contributed by atoms with van der Waals surface area (Å²) in [5, 5.41) is 3.68. The Morgan fingerprint density at radius 1 is 1.16 bits per heavy atom. The molecule has 0 radical (unpaired) electrons. The molecule has 1 heteroatoms. The Morgan fingerprint density at radius 3 is 2.58 bits per heavy atom. The standard InChI is InChI=1S/C18H29N/c1-3-19-18(17-12-8-7-9-15(17)2)14-13-16-10-5-4-6-11-16/h7-9,12,16,18-19H,3-6,10-11,13-14H2,1-2H3. The molecule has 0 aliphatic heterocycles. The first kappa shape index (κ1) is 14.6. The van der Waals surface area contributed by atoms with Crippen LogP contribution in [-0.2, 0) is 0 Å². The summed E-state index contributed by atoms with van der Waals surface area (Å²) in [6.45, 7) is 5.51. The second-order valence-corrected chi connectivity index (χ2v) is 6.05. The SMILES string of the molecule is CCNC(CCC1CCCCC1)c1ccccc1C. The van der Waals surface area contributed by atoms with Crippen LogP contribution < -0.4 is 5.32 Å². The predicted octanol–water partition coefficient (Wildman–Crippen LogP) is 5.01. The van der Waals surface area contributed by atoms with Crippen LogP contribution in [0.1, 0.15) is 69.0 Å². The molecule has 1 nitrogen and oxygen atoms in total. The van der Waals surface area contributed by atoms with E-state index in [0.717, 1.165) is 12.5 Å². The Kier molecular flexibility index (Phi) is 5.91. The number of aryl methyl sites for hydroxylation is 1. The Morgan fingerprint density at radius 2 is 1.89 bits per heavy atom. The van der Waals surface area contributed by atoms with Crippen LogP contribution in [0.15, 0.2) is 24.3 Å². The molecule has 1 saturated carbocycles. The van der Waals surface area contributed by atoms with E-state index < -0.39 is 0 Å². The minimum absolute atomic E-state index is 0.549. The third-order valence-electron chi connectivity index (χ3n) is 4.60. The highest BCUT2D eigenvalue weighted by molar-refractivity contribution is 5.28. The number of rotatable bonds is 6. The van der Waals surface area contributed by atoms with Crippen molar-refractivity contribution in [2.45, 2.75) is 64.8 Å². The third-order valence-corrected chi connectivity index (χ3v) is 4.60. The van der Waals surface area contributed by atoms with E-state index in [0.29, 0.717) is 6.04 Å². The number of hydrogen-bond acceptors (Lipinski definition) is 1. The molecule has 1 fully saturated rings. The molecule has 1 unspecified atom stereocenters.